The third-order valence-corrected chi connectivity index (χ3v) is 3.14. The van der Waals surface area contributed by atoms with Gasteiger partial charge in [-0.1, -0.05) is 0 Å². The summed E-state index contributed by atoms with van der Waals surface area (Å²) in [6.45, 7) is 9.86. The van der Waals surface area contributed by atoms with E-state index in [0.29, 0.717) is 6.04 Å². The van der Waals surface area contributed by atoms with Crippen molar-refractivity contribution in [3.8, 4) is 0 Å². The summed E-state index contributed by atoms with van der Waals surface area (Å²) >= 11 is 0. The normalized spacial score (nSPS) is 13.4. The predicted molar refractivity (Wildman–Crippen MR) is 74.7 cm³/mol. The molecule has 0 aliphatic carbocycles. The molecule has 2 N–H and O–H groups in total. The lowest BCUT2D eigenvalue weighted by atomic mass is 10.00. The molecule has 0 saturated heterocycles. The fourth-order valence-corrected chi connectivity index (χ4v) is 1.83. The first kappa shape index (κ1) is 14.9. The molecule has 1 heterocycles. The zero-order chi connectivity index (χ0) is 13.8. The highest BCUT2D eigenvalue weighted by Gasteiger charge is 2.13. The van der Waals surface area contributed by atoms with E-state index in [4.69, 9.17) is 0 Å². The van der Waals surface area contributed by atoms with Gasteiger partial charge in [0.1, 0.15) is 12.1 Å². The zero-order valence-electron chi connectivity index (χ0n) is 12.1. The largest absolute Gasteiger partial charge is 0.390 e. The molecule has 0 aliphatic heterocycles. The maximum absolute atomic E-state index is 9.66. The Morgan fingerprint density at radius 1 is 1.33 bits per heavy atom. The summed E-state index contributed by atoms with van der Waals surface area (Å²) < 4.78 is 0. The molecule has 0 fully saturated rings. The second-order valence-corrected chi connectivity index (χ2v) is 5.68. The summed E-state index contributed by atoms with van der Waals surface area (Å²) in [5.74, 6) is 0.915. The summed E-state index contributed by atoms with van der Waals surface area (Å²) in [6, 6.07) is 0.348. The fraction of sp³-hybridized carbons (Fsp3) is 0.714. The van der Waals surface area contributed by atoms with E-state index in [1.807, 2.05) is 27.7 Å². The number of aryl methyl sites for hydroxylation is 1. The predicted octanol–water partition coefficient (Wildman–Crippen LogP) is 2.84. The maximum atomic E-state index is 9.66. The van der Waals surface area contributed by atoms with Gasteiger partial charge >= 0.3 is 0 Å². The van der Waals surface area contributed by atoms with Crippen LogP contribution in [-0.4, -0.2) is 26.7 Å². The van der Waals surface area contributed by atoms with Crippen LogP contribution in [0.5, 0.6) is 0 Å². The minimum Gasteiger partial charge on any atom is -0.390 e. The number of nitrogens with zero attached hydrogens (tertiary/aromatic N) is 2. The standard InChI is InChI=1S/C14H25N3O/c1-10(7-6-8-14(4,5)18)17-13-11(2)12(3)15-9-16-13/h9-10,18H,6-8H2,1-5H3,(H,15,16,17)/t10-/m1/s1. The lowest BCUT2D eigenvalue weighted by Crippen LogP contribution is -2.21. The van der Waals surface area contributed by atoms with Gasteiger partial charge in [-0.05, 0) is 53.9 Å². The molecule has 102 valence electrons. The Kier molecular flexibility index (Phi) is 5.08. The van der Waals surface area contributed by atoms with E-state index in [2.05, 4.69) is 22.2 Å². The minimum atomic E-state index is -0.568. The van der Waals surface area contributed by atoms with Crippen LogP contribution in [0.15, 0.2) is 6.33 Å². The molecular formula is C14H25N3O. The number of hydrogen-bond donors (Lipinski definition) is 2. The highest BCUT2D eigenvalue weighted by molar-refractivity contribution is 5.45. The van der Waals surface area contributed by atoms with Gasteiger partial charge in [0.05, 0.1) is 5.60 Å². The van der Waals surface area contributed by atoms with E-state index in [1.54, 1.807) is 6.33 Å². The fourth-order valence-electron chi connectivity index (χ4n) is 1.83. The Hall–Kier alpha value is -1.16. The van der Waals surface area contributed by atoms with E-state index in [1.165, 1.54) is 0 Å². The Balaban J connectivity index is 2.45. The molecule has 0 bridgehead atoms. The van der Waals surface area contributed by atoms with Gasteiger partial charge in [0.15, 0.2) is 0 Å². The van der Waals surface area contributed by atoms with Crippen LogP contribution in [-0.2, 0) is 0 Å². The molecule has 18 heavy (non-hydrogen) atoms. The first-order valence-corrected chi connectivity index (χ1v) is 6.57. The second kappa shape index (κ2) is 6.14. The smallest absolute Gasteiger partial charge is 0.132 e. The zero-order valence-corrected chi connectivity index (χ0v) is 12.1. The van der Waals surface area contributed by atoms with E-state index >= 15 is 0 Å². The van der Waals surface area contributed by atoms with Gasteiger partial charge in [-0.25, -0.2) is 9.97 Å². The molecule has 0 saturated carbocycles. The number of nitrogens with one attached hydrogen (secondary N) is 1. The van der Waals surface area contributed by atoms with Crippen molar-refractivity contribution in [1.82, 2.24) is 9.97 Å². The van der Waals surface area contributed by atoms with Gasteiger partial charge in [0.2, 0.25) is 0 Å². The van der Waals surface area contributed by atoms with Gasteiger partial charge in [0, 0.05) is 17.3 Å². The van der Waals surface area contributed by atoms with Crippen molar-refractivity contribution >= 4 is 5.82 Å². The van der Waals surface area contributed by atoms with E-state index in [0.717, 1.165) is 36.3 Å². The summed E-state index contributed by atoms with van der Waals surface area (Å²) in [7, 11) is 0. The highest BCUT2D eigenvalue weighted by Crippen LogP contribution is 2.17. The molecular weight excluding hydrogens is 226 g/mol. The lowest BCUT2D eigenvalue weighted by molar-refractivity contribution is 0.0680. The maximum Gasteiger partial charge on any atom is 0.132 e. The van der Waals surface area contributed by atoms with Crippen LogP contribution in [0.1, 0.15) is 51.3 Å². The van der Waals surface area contributed by atoms with Gasteiger partial charge in [-0.3, -0.25) is 0 Å². The van der Waals surface area contributed by atoms with Gasteiger partial charge in [0.25, 0.3) is 0 Å². The molecule has 1 atom stereocenters. The molecule has 0 aliphatic rings. The Labute approximate surface area is 110 Å². The highest BCUT2D eigenvalue weighted by atomic mass is 16.3. The number of anilines is 1. The third kappa shape index (κ3) is 5.00. The van der Waals surface area contributed by atoms with Crippen LogP contribution in [0.25, 0.3) is 0 Å². The number of hydrogen-bond acceptors (Lipinski definition) is 4. The quantitative estimate of drug-likeness (QED) is 0.816. The first-order chi connectivity index (χ1) is 8.29. The lowest BCUT2D eigenvalue weighted by Gasteiger charge is -2.20. The molecule has 0 aromatic carbocycles. The van der Waals surface area contributed by atoms with Crippen LogP contribution in [0.4, 0.5) is 5.82 Å². The van der Waals surface area contributed by atoms with Crippen molar-refractivity contribution in [2.24, 2.45) is 0 Å². The summed E-state index contributed by atoms with van der Waals surface area (Å²) in [5, 5.41) is 13.1. The Bertz CT molecular complexity index is 385. The molecule has 0 radical (unpaired) electrons. The van der Waals surface area contributed by atoms with Crippen molar-refractivity contribution in [1.29, 1.82) is 0 Å². The van der Waals surface area contributed by atoms with E-state index in [-0.39, 0.29) is 0 Å². The second-order valence-electron chi connectivity index (χ2n) is 5.68. The van der Waals surface area contributed by atoms with Crippen LogP contribution in [0.3, 0.4) is 0 Å². The molecule has 1 rings (SSSR count). The van der Waals surface area contributed by atoms with Crippen molar-refractivity contribution in [2.45, 2.75) is 65.5 Å². The molecule has 1 aromatic rings. The molecule has 1 aromatic heterocycles. The molecule has 4 heteroatoms. The summed E-state index contributed by atoms with van der Waals surface area (Å²) in [4.78, 5) is 8.42. The SMILES string of the molecule is Cc1ncnc(N[C@H](C)CCCC(C)(C)O)c1C. The van der Waals surface area contributed by atoms with E-state index < -0.39 is 5.60 Å². The summed E-state index contributed by atoms with van der Waals surface area (Å²) in [6.07, 6.45) is 4.43. The number of aromatic nitrogens is 2. The molecule has 0 amide bonds. The Morgan fingerprint density at radius 2 is 2.00 bits per heavy atom. The molecule has 0 spiro atoms. The van der Waals surface area contributed by atoms with E-state index in [9.17, 15) is 5.11 Å². The van der Waals surface area contributed by atoms with Gasteiger partial charge in [-0.2, -0.15) is 0 Å². The van der Waals surface area contributed by atoms with Crippen molar-refractivity contribution < 1.29 is 5.11 Å². The van der Waals surface area contributed by atoms with Crippen molar-refractivity contribution in [3.63, 3.8) is 0 Å². The van der Waals surface area contributed by atoms with Crippen LogP contribution in [0.2, 0.25) is 0 Å². The number of rotatable bonds is 6. The van der Waals surface area contributed by atoms with Crippen LogP contribution < -0.4 is 5.32 Å². The monoisotopic (exact) mass is 251 g/mol. The molecule has 4 nitrogen and oxygen atoms in total. The van der Waals surface area contributed by atoms with Gasteiger partial charge < -0.3 is 10.4 Å². The van der Waals surface area contributed by atoms with Crippen LogP contribution in [0, 0.1) is 13.8 Å². The number of aliphatic hydroxyl groups is 1. The van der Waals surface area contributed by atoms with Crippen molar-refractivity contribution in [3.05, 3.63) is 17.6 Å². The summed E-state index contributed by atoms with van der Waals surface area (Å²) in [5.41, 5.74) is 1.55. The third-order valence-electron chi connectivity index (χ3n) is 3.14. The average Bonchev–Trinajstić information content (AvgIpc) is 2.23. The average molecular weight is 251 g/mol. The van der Waals surface area contributed by atoms with Crippen LogP contribution >= 0.6 is 0 Å². The molecule has 0 unspecified atom stereocenters. The topological polar surface area (TPSA) is 58.0 Å². The van der Waals surface area contributed by atoms with Gasteiger partial charge in [-0.15, -0.1) is 0 Å². The van der Waals surface area contributed by atoms with Crippen molar-refractivity contribution in [2.75, 3.05) is 5.32 Å². The Morgan fingerprint density at radius 3 is 2.61 bits per heavy atom. The first-order valence-electron chi connectivity index (χ1n) is 6.57. The minimum absolute atomic E-state index is 0.348.